The lowest BCUT2D eigenvalue weighted by molar-refractivity contribution is 0.0950. The van der Waals surface area contributed by atoms with E-state index in [1.165, 1.54) is 0 Å². The molecule has 0 aliphatic carbocycles. The fourth-order valence-electron chi connectivity index (χ4n) is 2.65. The third-order valence-electron chi connectivity index (χ3n) is 3.81. The van der Waals surface area contributed by atoms with Gasteiger partial charge in [0.1, 0.15) is 11.5 Å². The zero-order valence-corrected chi connectivity index (χ0v) is 12.4. The Morgan fingerprint density at radius 1 is 1.09 bits per heavy atom. The first-order valence-corrected chi connectivity index (χ1v) is 7.42. The predicted molar refractivity (Wildman–Crippen MR) is 85.5 cm³/mol. The maximum Gasteiger partial charge on any atom is 0.251 e. The van der Waals surface area contributed by atoms with Crippen molar-refractivity contribution in [2.24, 2.45) is 0 Å². The average molecular weight is 305 g/mol. The van der Waals surface area contributed by atoms with Crippen LogP contribution < -0.4 is 10.1 Å². The Labute approximate surface area is 133 Å². The summed E-state index contributed by atoms with van der Waals surface area (Å²) in [4.78, 5) is 16.5. The highest BCUT2D eigenvalue weighted by atomic mass is 16.5. The molecular formula is C18H15N3O2. The van der Waals surface area contributed by atoms with Crippen molar-refractivity contribution in [3.05, 3.63) is 77.9 Å². The second-order valence-corrected chi connectivity index (χ2v) is 5.47. The number of benzene rings is 2. The zero-order valence-electron chi connectivity index (χ0n) is 12.4. The highest BCUT2D eigenvalue weighted by Crippen LogP contribution is 2.24. The molecule has 5 nitrogen and oxygen atoms in total. The van der Waals surface area contributed by atoms with Gasteiger partial charge in [0, 0.05) is 18.3 Å². The number of hydrogen-bond acceptors (Lipinski definition) is 3. The van der Waals surface area contributed by atoms with Crippen molar-refractivity contribution in [2.75, 3.05) is 0 Å². The number of fused-ring (bicyclic) bond motifs is 5. The van der Waals surface area contributed by atoms with Crippen LogP contribution in [0.15, 0.2) is 61.1 Å². The molecule has 0 saturated heterocycles. The molecule has 5 heteroatoms. The molecule has 2 heterocycles. The smallest absolute Gasteiger partial charge is 0.251 e. The molecule has 23 heavy (non-hydrogen) atoms. The summed E-state index contributed by atoms with van der Waals surface area (Å²) in [5, 5.41) is 2.92. The van der Waals surface area contributed by atoms with Crippen LogP contribution in [-0.2, 0) is 13.1 Å². The van der Waals surface area contributed by atoms with Crippen molar-refractivity contribution < 1.29 is 9.53 Å². The monoisotopic (exact) mass is 305 g/mol. The van der Waals surface area contributed by atoms with E-state index in [2.05, 4.69) is 10.3 Å². The van der Waals surface area contributed by atoms with E-state index in [1.54, 1.807) is 24.7 Å². The third-order valence-corrected chi connectivity index (χ3v) is 3.81. The minimum absolute atomic E-state index is 0.130. The molecule has 0 saturated carbocycles. The number of hydrogen-bond donors (Lipinski definition) is 1. The minimum Gasteiger partial charge on any atom is -0.457 e. The highest BCUT2D eigenvalue weighted by Gasteiger charge is 2.11. The highest BCUT2D eigenvalue weighted by molar-refractivity contribution is 5.94. The molecule has 3 aromatic rings. The van der Waals surface area contributed by atoms with Gasteiger partial charge in [0.15, 0.2) is 0 Å². The number of amides is 1. The lowest BCUT2D eigenvalue weighted by Crippen LogP contribution is -2.24. The van der Waals surface area contributed by atoms with E-state index in [0.29, 0.717) is 24.4 Å². The molecule has 1 amide bonds. The van der Waals surface area contributed by atoms with Gasteiger partial charge in [-0.05, 0) is 35.9 Å². The molecule has 0 unspecified atom stereocenters. The summed E-state index contributed by atoms with van der Waals surface area (Å²) in [6.45, 7) is 1.11. The summed E-state index contributed by atoms with van der Waals surface area (Å²) in [6, 6.07) is 15.1. The SMILES string of the molecule is O=C1NCc2cncn2Cc2cccc(c2)Oc2cccc1c2. The normalized spacial score (nSPS) is 13.7. The molecule has 0 spiro atoms. The van der Waals surface area contributed by atoms with E-state index in [1.807, 2.05) is 41.0 Å². The van der Waals surface area contributed by atoms with Crippen molar-refractivity contribution >= 4 is 5.91 Å². The Kier molecular flexibility index (Phi) is 3.31. The Bertz CT molecular complexity index is 870. The number of nitrogens with zero attached hydrogens (tertiary/aromatic N) is 2. The van der Waals surface area contributed by atoms with Crippen LogP contribution >= 0.6 is 0 Å². The molecule has 2 aromatic carbocycles. The van der Waals surface area contributed by atoms with E-state index >= 15 is 0 Å². The second kappa shape index (κ2) is 5.61. The molecule has 0 atom stereocenters. The number of carbonyl (C=O) groups is 1. The van der Waals surface area contributed by atoms with E-state index in [-0.39, 0.29) is 5.91 Å². The van der Waals surface area contributed by atoms with Gasteiger partial charge < -0.3 is 14.6 Å². The lowest BCUT2D eigenvalue weighted by Gasteiger charge is -2.09. The summed E-state index contributed by atoms with van der Waals surface area (Å²) in [5.74, 6) is 1.27. The summed E-state index contributed by atoms with van der Waals surface area (Å²) < 4.78 is 7.91. The van der Waals surface area contributed by atoms with Gasteiger partial charge in [-0.15, -0.1) is 0 Å². The van der Waals surface area contributed by atoms with E-state index in [0.717, 1.165) is 17.0 Å². The molecule has 114 valence electrons. The number of nitrogens with one attached hydrogen (secondary N) is 1. The van der Waals surface area contributed by atoms with Gasteiger partial charge >= 0.3 is 0 Å². The number of carbonyl (C=O) groups excluding carboxylic acids is 1. The van der Waals surface area contributed by atoms with Gasteiger partial charge in [0.2, 0.25) is 0 Å². The standard InChI is InChI=1S/C18H15N3O2/c22-18-14-4-2-6-17(8-14)23-16-5-1-3-13(7-16)11-21-12-19-9-15(21)10-20-18/h1-9,12H,10-11H2,(H,20,22). The Morgan fingerprint density at radius 3 is 2.83 bits per heavy atom. The summed E-state index contributed by atoms with van der Waals surface area (Å²) in [5.41, 5.74) is 2.65. The molecule has 1 aromatic heterocycles. The van der Waals surface area contributed by atoms with Crippen LogP contribution in [-0.4, -0.2) is 15.5 Å². The molecule has 0 radical (unpaired) electrons. The molecule has 4 bridgehead atoms. The minimum atomic E-state index is -0.130. The summed E-state index contributed by atoms with van der Waals surface area (Å²) in [6.07, 6.45) is 3.55. The van der Waals surface area contributed by atoms with Gasteiger partial charge in [0.05, 0.1) is 18.6 Å². The topological polar surface area (TPSA) is 56.2 Å². The quantitative estimate of drug-likeness (QED) is 0.694. The molecule has 1 aliphatic rings. The first-order chi connectivity index (χ1) is 11.3. The van der Waals surface area contributed by atoms with Crippen LogP contribution in [0.25, 0.3) is 0 Å². The van der Waals surface area contributed by atoms with E-state index in [4.69, 9.17) is 4.74 Å². The van der Waals surface area contributed by atoms with Crippen molar-refractivity contribution in [2.45, 2.75) is 13.1 Å². The first kappa shape index (κ1) is 13.6. The van der Waals surface area contributed by atoms with Crippen molar-refractivity contribution in [1.82, 2.24) is 14.9 Å². The number of ether oxygens (including phenoxy) is 1. The van der Waals surface area contributed by atoms with Crippen molar-refractivity contribution in [3.63, 3.8) is 0 Å². The molecule has 1 aliphatic heterocycles. The van der Waals surface area contributed by atoms with E-state index in [9.17, 15) is 4.79 Å². The zero-order chi connectivity index (χ0) is 15.6. The van der Waals surface area contributed by atoms with Gasteiger partial charge in [-0.25, -0.2) is 4.98 Å². The fourth-order valence-corrected chi connectivity index (χ4v) is 2.65. The molecular weight excluding hydrogens is 290 g/mol. The van der Waals surface area contributed by atoms with Crippen LogP contribution in [0.5, 0.6) is 11.5 Å². The summed E-state index contributed by atoms with van der Waals surface area (Å²) in [7, 11) is 0. The van der Waals surface area contributed by atoms with E-state index < -0.39 is 0 Å². The van der Waals surface area contributed by atoms with Crippen molar-refractivity contribution in [1.29, 1.82) is 0 Å². The first-order valence-electron chi connectivity index (χ1n) is 7.42. The lowest BCUT2D eigenvalue weighted by atomic mass is 10.2. The van der Waals surface area contributed by atoms with Crippen LogP contribution in [0.4, 0.5) is 0 Å². The summed E-state index contributed by atoms with van der Waals surface area (Å²) >= 11 is 0. The number of imidazole rings is 1. The molecule has 0 fully saturated rings. The maximum atomic E-state index is 12.3. The third kappa shape index (κ3) is 2.81. The van der Waals surface area contributed by atoms with Gasteiger partial charge in [-0.2, -0.15) is 0 Å². The number of rotatable bonds is 0. The Balaban J connectivity index is 1.79. The number of aromatic nitrogens is 2. The molecule has 1 N–H and O–H groups in total. The van der Waals surface area contributed by atoms with Crippen LogP contribution in [0.3, 0.4) is 0 Å². The van der Waals surface area contributed by atoms with Gasteiger partial charge in [-0.3, -0.25) is 4.79 Å². The second-order valence-electron chi connectivity index (χ2n) is 5.47. The maximum absolute atomic E-state index is 12.3. The van der Waals surface area contributed by atoms with Gasteiger partial charge in [-0.1, -0.05) is 18.2 Å². The van der Waals surface area contributed by atoms with Crippen molar-refractivity contribution in [3.8, 4) is 11.5 Å². The van der Waals surface area contributed by atoms with Crippen LogP contribution in [0.2, 0.25) is 0 Å². The fraction of sp³-hybridized carbons (Fsp3) is 0.111. The average Bonchev–Trinajstić information content (AvgIpc) is 2.99. The largest absolute Gasteiger partial charge is 0.457 e. The Hall–Kier alpha value is -3.08. The van der Waals surface area contributed by atoms with Crippen LogP contribution in [0.1, 0.15) is 21.6 Å². The molecule has 4 rings (SSSR count). The van der Waals surface area contributed by atoms with Gasteiger partial charge in [0.25, 0.3) is 5.91 Å². The Morgan fingerprint density at radius 2 is 1.91 bits per heavy atom. The predicted octanol–water partition coefficient (Wildman–Crippen LogP) is 2.97. The van der Waals surface area contributed by atoms with Crippen LogP contribution in [0, 0.1) is 0 Å².